The van der Waals surface area contributed by atoms with Gasteiger partial charge in [-0.05, 0) is 31.5 Å². The number of hydrogen-bond donors (Lipinski definition) is 2. The fourth-order valence-corrected chi connectivity index (χ4v) is 3.48. The Hall–Kier alpha value is -1.55. The molecule has 1 aromatic rings. The summed E-state index contributed by atoms with van der Waals surface area (Å²) in [5.41, 5.74) is 0.847. The maximum atomic E-state index is 13.0. The lowest BCUT2D eigenvalue weighted by molar-refractivity contribution is -0.127. The number of halogens is 1. The number of sulfonamides is 1. The standard InChI is InChI=1S/C17H27FN4O3S/c1-13(15-3-5-16(18)6-4-15)20-17(23)14(2)22-9-7-21(8-10-22)11-12-26(19,24)25/h3-6,13-14H,7-12H2,1-2H3,(H,20,23)(H2,19,24,25). The van der Waals surface area contributed by atoms with Crippen molar-refractivity contribution in [2.75, 3.05) is 38.5 Å². The summed E-state index contributed by atoms with van der Waals surface area (Å²) in [5, 5.41) is 7.99. The topological polar surface area (TPSA) is 95.7 Å². The number of nitrogens with zero attached hydrogens (tertiary/aromatic N) is 2. The Labute approximate surface area is 154 Å². The van der Waals surface area contributed by atoms with Crippen LogP contribution in [0.5, 0.6) is 0 Å². The first kappa shape index (κ1) is 20.8. The third-order valence-electron chi connectivity index (χ3n) is 4.75. The Balaban J connectivity index is 1.80. The summed E-state index contributed by atoms with van der Waals surface area (Å²) in [5.74, 6) is -0.446. The van der Waals surface area contributed by atoms with Crippen LogP contribution in [0.1, 0.15) is 25.5 Å². The van der Waals surface area contributed by atoms with E-state index in [0.717, 1.165) is 5.56 Å². The van der Waals surface area contributed by atoms with E-state index >= 15 is 0 Å². The van der Waals surface area contributed by atoms with Crippen molar-refractivity contribution in [2.45, 2.75) is 25.9 Å². The summed E-state index contributed by atoms with van der Waals surface area (Å²) in [6.07, 6.45) is 0. The van der Waals surface area contributed by atoms with Crippen molar-refractivity contribution in [3.63, 3.8) is 0 Å². The van der Waals surface area contributed by atoms with Gasteiger partial charge in [-0.15, -0.1) is 0 Å². The van der Waals surface area contributed by atoms with Crippen molar-refractivity contribution in [3.05, 3.63) is 35.6 Å². The zero-order valence-electron chi connectivity index (χ0n) is 15.2. The molecule has 1 aliphatic rings. The minimum Gasteiger partial charge on any atom is -0.348 e. The van der Waals surface area contributed by atoms with Crippen LogP contribution < -0.4 is 10.5 Å². The number of carbonyl (C=O) groups excluding carboxylic acids is 1. The van der Waals surface area contributed by atoms with E-state index in [4.69, 9.17) is 5.14 Å². The van der Waals surface area contributed by atoms with E-state index < -0.39 is 10.0 Å². The molecule has 26 heavy (non-hydrogen) atoms. The van der Waals surface area contributed by atoms with E-state index in [-0.39, 0.29) is 29.6 Å². The van der Waals surface area contributed by atoms with Crippen LogP contribution in [0.2, 0.25) is 0 Å². The average molecular weight is 386 g/mol. The average Bonchev–Trinajstić information content (AvgIpc) is 2.59. The van der Waals surface area contributed by atoms with Gasteiger partial charge >= 0.3 is 0 Å². The van der Waals surface area contributed by atoms with Crippen LogP contribution in [-0.4, -0.2) is 68.6 Å². The Bertz CT molecular complexity index is 703. The first-order chi connectivity index (χ1) is 12.2. The summed E-state index contributed by atoms with van der Waals surface area (Å²) in [6, 6.07) is 5.58. The van der Waals surface area contributed by atoms with Crippen molar-refractivity contribution < 1.29 is 17.6 Å². The molecule has 0 radical (unpaired) electrons. The lowest BCUT2D eigenvalue weighted by Crippen LogP contribution is -2.54. The van der Waals surface area contributed by atoms with Gasteiger partial charge in [0.05, 0.1) is 17.8 Å². The first-order valence-electron chi connectivity index (χ1n) is 8.68. The van der Waals surface area contributed by atoms with E-state index in [0.29, 0.717) is 32.7 Å². The van der Waals surface area contributed by atoms with E-state index in [1.165, 1.54) is 12.1 Å². The molecule has 0 bridgehead atoms. The van der Waals surface area contributed by atoms with Gasteiger partial charge in [0.15, 0.2) is 0 Å². The highest BCUT2D eigenvalue weighted by atomic mass is 32.2. The van der Waals surface area contributed by atoms with Gasteiger partial charge < -0.3 is 5.32 Å². The highest BCUT2D eigenvalue weighted by Crippen LogP contribution is 2.14. The summed E-state index contributed by atoms with van der Waals surface area (Å²) in [7, 11) is -3.45. The molecule has 1 amide bonds. The third-order valence-corrected chi connectivity index (χ3v) is 5.51. The maximum Gasteiger partial charge on any atom is 0.237 e. The van der Waals surface area contributed by atoms with Crippen LogP contribution in [-0.2, 0) is 14.8 Å². The van der Waals surface area contributed by atoms with Gasteiger partial charge in [-0.2, -0.15) is 0 Å². The molecular weight excluding hydrogens is 359 g/mol. The predicted molar refractivity (Wildman–Crippen MR) is 98.4 cm³/mol. The molecule has 1 aromatic carbocycles. The molecule has 146 valence electrons. The highest BCUT2D eigenvalue weighted by Gasteiger charge is 2.26. The van der Waals surface area contributed by atoms with E-state index in [9.17, 15) is 17.6 Å². The van der Waals surface area contributed by atoms with Crippen LogP contribution in [0.25, 0.3) is 0 Å². The van der Waals surface area contributed by atoms with Gasteiger partial charge in [-0.1, -0.05) is 12.1 Å². The zero-order chi connectivity index (χ0) is 19.3. The first-order valence-corrected chi connectivity index (χ1v) is 10.4. The quantitative estimate of drug-likeness (QED) is 0.703. The van der Waals surface area contributed by atoms with Crippen LogP contribution in [0.4, 0.5) is 4.39 Å². The Morgan fingerprint density at radius 2 is 1.77 bits per heavy atom. The van der Waals surface area contributed by atoms with Gasteiger partial charge in [0.1, 0.15) is 5.82 Å². The molecule has 0 aliphatic carbocycles. The number of hydrogen-bond acceptors (Lipinski definition) is 5. The summed E-state index contributed by atoms with van der Waals surface area (Å²) in [4.78, 5) is 16.6. The molecule has 1 saturated heterocycles. The SMILES string of the molecule is CC(NC(=O)C(C)N1CCN(CCS(N)(=O)=O)CC1)c1ccc(F)cc1. The summed E-state index contributed by atoms with van der Waals surface area (Å²) < 4.78 is 35.1. The van der Waals surface area contributed by atoms with Gasteiger partial charge in [-0.3, -0.25) is 14.6 Å². The number of carbonyl (C=O) groups is 1. The molecule has 2 rings (SSSR count). The van der Waals surface area contributed by atoms with E-state index in [1.54, 1.807) is 12.1 Å². The van der Waals surface area contributed by atoms with Crippen molar-refractivity contribution >= 4 is 15.9 Å². The van der Waals surface area contributed by atoms with Crippen molar-refractivity contribution in [1.29, 1.82) is 0 Å². The molecule has 1 aliphatic heterocycles. The molecule has 7 nitrogen and oxygen atoms in total. The maximum absolute atomic E-state index is 13.0. The molecule has 2 atom stereocenters. The summed E-state index contributed by atoms with van der Waals surface area (Å²) in [6.45, 7) is 6.89. The van der Waals surface area contributed by atoms with Gasteiger partial charge in [-0.25, -0.2) is 17.9 Å². The van der Waals surface area contributed by atoms with E-state index in [1.807, 2.05) is 18.7 Å². The highest BCUT2D eigenvalue weighted by molar-refractivity contribution is 7.89. The second-order valence-corrected chi connectivity index (χ2v) is 8.44. The Morgan fingerprint density at radius 3 is 2.31 bits per heavy atom. The lowest BCUT2D eigenvalue weighted by Gasteiger charge is -2.37. The predicted octanol–water partition coefficient (Wildman–Crippen LogP) is 0.298. The zero-order valence-corrected chi connectivity index (χ0v) is 16.0. The number of primary sulfonamides is 1. The third kappa shape index (κ3) is 6.31. The molecule has 2 unspecified atom stereocenters. The fraction of sp³-hybridized carbons (Fsp3) is 0.588. The second kappa shape index (κ2) is 8.90. The number of benzene rings is 1. The summed E-state index contributed by atoms with van der Waals surface area (Å²) >= 11 is 0. The number of nitrogens with one attached hydrogen (secondary N) is 1. The van der Waals surface area contributed by atoms with Gasteiger partial charge in [0.25, 0.3) is 0 Å². The molecule has 1 heterocycles. The van der Waals surface area contributed by atoms with Crippen molar-refractivity contribution in [1.82, 2.24) is 15.1 Å². The molecular formula is C17H27FN4O3S. The van der Waals surface area contributed by atoms with Crippen LogP contribution in [0, 0.1) is 5.82 Å². The van der Waals surface area contributed by atoms with Gasteiger partial charge in [0.2, 0.25) is 15.9 Å². The van der Waals surface area contributed by atoms with Crippen LogP contribution in [0.15, 0.2) is 24.3 Å². The van der Waals surface area contributed by atoms with Crippen molar-refractivity contribution in [2.24, 2.45) is 5.14 Å². The fourth-order valence-electron chi connectivity index (χ4n) is 2.97. The van der Waals surface area contributed by atoms with E-state index in [2.05, 4.69) is 10.2 Å². The van der Waals surface area contributed by atoms with Crippen molar-refractivity contribution in [3.8, 4) is 0 Å². The molecule has 0 aromatic heterocycles. The van der Waals surface area contributed by atoms with Crippen LogP contribution >= 0.6 is 0 Å². The smallest absolute Gasteiger partial charge is 0.237 e. The number of amides is 1. The number of rotatable bonds is 7. The monoisotopic (exact) mass is 386 g/mol. The molecule has 9 heteroatoms. The molecule has 0 saturated carbocycles. The minimum absolute atomic E-state index is 0.0573. The Morgan fingerprint density at radius 1 is 1.19 bits per heavy atom. The molecule has 0 spiro atoms. The molecule has 1 fully saturated rings. The number of piperazine rings is 1. The molecule has 3 N–H and O–H groups in total. The largest absolute Gasteiger partial charge is 0.348 e. The normalized spacial score (nSPS) is 19.1. The minimum atomic E-state index is -3.45. The Kier molecular flexibility index (Phi) is 7.10. The van der Waals surface area contributed by atoms with Crippen LogP contribution in [0.3, 0.4) is 0 Å². The number of nitrogens with two attached hydrogens (primary N) is 1. The lowest BCUT2D eigenvalue weighted by atomic mass is 10.1. The van der Waals surface area contributed by atoms with Gasteiger partial charge in [0, 0.05) is 32.7 Å². The second-order valence-electron chi connectivity index (χ2n) is 6.70.